The van der Waals surface area contributed by atoms with Crippen molar-refractivity contribution in [2.75, 3.05) is 25.6 Å². The fourth-order valence-electron chi connectivity index (χ4n) is 1.27. The Hall–Kier alpha value is 0.310. The fraction of sp³-hybridized carbons (Fsp3) is 1.00. The summed E-state index contributed by atoms with van der Waals surface area (Å²) in [6.45, 7) is 2.53. The highest BCUT2D eigenvalue weighted by Crippen LogP contribution is 2.26. The molecule has 0 saturated carbocycles. The average Bonchev–Trinajstić information content (AvgIpc) is 1.90. The van der Waals surface area contributed by atoms with Gasteiger partial charge in [-0.05, 0) is 37.1 Å². The third kappa shape index (κ3) is 2.18. The quantitative estimate of drug-likeness (QED) is 0.527. The smallest absolute Gasteiger partial charge is 0.00538 e. The van der Waals surface area contributed by atoms with Crippen molar-refractivity contribution in [2.24, 2.45) is 0 Å². The standard InChI is InChI=1S/C7H17NS/c1-9(2)7-4-3-5-8-6-7/h7-9H,3-6H2,1-2H3. The van der Waals surface area contributed by atoms with Gasteiger partial charge in [-0.2, -0.15) is 0 Å². The first kappa shape index (κ1) is 7.42. The van der Waals surface area contributed by atoms with Crippen molar-refractivity contribution in [3.05, 3.63) is 0 Å². The van der Waals surface area contributed by atoms with E-state index in [4.69, 9.17) is 0 Å². The van der Waals surface area contributed by atoms with Crippen molar-refractivity contribution in [3.8, 4) is 0 Å². The number of nitrogens with one attached hydrogen (secondary N) is 1. The monoisotopic (exact) mass is 147 g/mol. The van der Waals surface area contributed by atoms with Crippen LogP contribution in [0.2, 0.25) is 0 Å². The second-order valence-corrected chi connectivity index (χ2v) is 5.62. The van der Waals surface area contributed by atoms with Crippen molar-refractivity contribution in [3.63, 3.8) is 0 Å². The van der Waals surface area contributed by atoms with Gasteiger partial charge in [0.05, 0.1) is 0 Å². The average molecular weight is 147 g/mol. The van der Waals surface area contributed by atoms with Crippen LogP contribution in [-0.2, 0) is 0 Å². The predicted octanol–water partition coefficient (Wildman–Crippen LogP) is 0.999. The van der Waals surface area contributed by atoms with Crippen LogP contribution in [0.15, 0.2) is 0 Å². The van der Waals surface area contributed by atoms with Crippen molar-refractivity contribution >= 4 is 10.9 Å². The Morgan fingerprint density at radius 3 is 2.56 bits per heavy atom. The van der Waals surface area contributed by atoms with Gasteiger partial charge in [0.2, 0.25) is 0 Å². The molecule has 0 aromatic rings. The van der Waals surface area contributed by atoms with E-state index in [0.29, 0.717) is 10.9 Å². The van der Waals surface area contributed by atoms with Gasteiger partial charge in [0.15, 0.2) is 0 Å². The molecule has 1 rings (SSSR count). The number of thiol groups is 1. The number of piperidine rings is 1. The maximum Gasteiger partial charge on any atom is 0.00538 e. The van der Waals surface area contributed by atoms with Crippen molar-refractivity contribution in [1.82, 2.24) is 5.32 Å². The van der Waals surface area contributed by atoms with Crippen LogP contribution in [0.3, 0.4) is 0 Å². The summed E-state index contributed by atoms with van der Waals surface area (Å²) in [4.78, 5) is 0. The van der Waals surface area contributed by atoms with Crippen LogP contribution in [0.25, 0.3) is 0 Å². The molecule has 0 bridgehead atoms. The SMILES string of the molecule is C[SH](C)C1CCCNC1. The van der Waals surface area contributed by atoms with Crippen molar-refractivity contribution in [1.29, 1.82) is 0 Å². The van der Waals surface area contributed by atoms with E-state index >= 15 is 0 Å². The van der Waals surface area contributed by atoms with Gasteiger partial charge in [-0.1, -0.05) is 0 Å². The Balaban J connectivity index is 2.23. The lowest BCUT2D eigenvalue weighted by atomic mass is 10.2. The summed E-state index contributed by atoms with van der Waals surface area (Å²) < 4.78 is 0. The molecule has 0 aromatic carbocycles. The summed E-state index contributed by atoms with van der Waals surface area (Å²) in [5.74, 6) is 0. The first-order chi connectivity index (χ1) is 4.30. The molecule has 1 saturated heterocycles. The first-order valence-corrected chi connectivity index (χ1v) is 5.98. The molecule has 1 heterocycles. The molecule has 1 nitrogen and oxygen atoms in total. The molecule has 9 heavy (non-hydrogen) atoms. The highest BCUT2D eigenvalue weighted by Gasteiger charge is 2.13. The zero-order chi connectivity index (χ0) is 6.69. The van der Waals surface area contributed by atoms with Gasteiger partial charge >= 0.3 is 0 Å². The second kappa shape index (κ2) is 3.47. The van der Waals surface area contributed by atoms with Gasteiger partial charge in [-0.25, -0.2) is 0 Å². The predicted molar refractivity (Wildman–Crippen MR) is 46.7 cm³/mol. The molecule has 0 spiro atoms. The highest BCUT2D eigenvalue weighted by molar-refractivity contribution is 8.16. The van der Waals surface area contributed by atoms with Gasteiger partial charge < -0.3 is 5.32 Å². The third-order valence-corrected chi connectivity index (χ3v) is 3.90. The molecule has 0 amide bonds. The van der Waals surface area contributed by atoms with E-state index in [1.165, 1.54) is 25.9 Å². The molecule has 0 radical (unpaired) electrons. The Labute approximate surface area is 60.6 Å². The minimum absolute atomic E-state index is 0.319. The Bertz CT molecular complexity index is 77.0. The van der Waals surface area contributed by atoms with E-state index < -0.39 is 0 Å². The molecule has 1 N–H and O–H groups in total. The maximum atomic E-state index is 3.43. The first-order valence-electron chi connectivity index (χ1n) is 3.68. The zero-order valence-corrected chi connectivity index (χ0v) is 7.25. The molecule has 56 valence electrons. The van der Waals surface area contributed by atoms with E-state index in [2.05, 4.69) is 17.8 Å². The van der Waals surface area contributed by atoms with Crippen molar-refractivity contribution < 1.29 is 0 Å². The summed E-state index contributed by atoms with van der Waals surface area (Å²) in [5, 5.41) is 4.44. The van der Waals surface area contributed by atoms with Gasteiger partial charge in [-0.15, -0.1) is 0 Å². The molecule has 1 aliphatic rings. The number of rotatable bonds is 1. The van der Waals surface area contributed by atoms with Gasteiger partial charge in [0.25, 0.3) is 0 Å². The molecule has 2 heteroatoms. The van der Waals surface area contributed by atoms with E-state index in [-0.39, 0.29) is 0 Å². The minimum Gasteiger partial charge on any atom is -0.316 e. The molecular formula is C7H17NS. The largest absolute Gasteiger partial charge is 0.316 e. The van der Waals surface area contributed by atoms with Crippen LogP contribution in [0.4, 0.5) is 0 Å². The van der Waals surface area contributed by atoms with Crippen LogP contribution in [0.5, 0.6) is 0 Å². The Morgan fingerprint density at radius 1 is 1.44 bits per heavy atom. The Morgan fingerprint density at radius 2 is 2.22 bits per heavy atom. The molecular weight excluding hydrogens is 130 g/mol. The van der Waals surface area contributed by atoms with Crippen LogP contribution >= 0.6 is 10.9 Å². The Kier molecular flexibility index (Phi) is 2.86. The molecule has 1 atom stereocenters. The topological polar surface area (TPSA) is 12.0 Å². The zero-order valence-electron chi connectivity index (χ0n) is 6.35. The molecule has 1 unspecified atom stereocenters. The van der Waals surface area contributed by atoms with E-state index in [1.54, 1.807) is 0 Å². The summed E-state index contributed by atoms with van der Waals surface area (Å²) in [7, 11) is 0.319. The molecule has 1 aliphatic heterocycles. The highest BCUT2D eigenvalue weighted by atomic mass is 32.2. The fourth-order valence-corrected chi connectivity index (χ4v) is 2.47. The van der Waals surface area contributed by atoms with E-state index in [1.807, 2.05) is 0 Å². The second-order valence-electron chi connectivity index (χ2n) is 2.96. The molecule has 0 aromatic heterocycles. The van der Waals surface area contributed by atoms with Crippen LogP contribution in [0.1, 0.15) is 12.8 Å². The summed E-state index contributed by atoms with van der Waals surface area (Å²) >= 11 is 0. The van der Waals surface area contributed by atoms with Crippen molar-refractivity contribution in [2.45, 2.75) is 18.1 Å². The van der Waals surface area contributed by atoms with Gasteiger partial charge in [0.1, 0.15) is 0 Å². The summed E-state index contributed by atoms with van der Waals surface area (Å²) in [5.41, 5.74) is 0. The van der Waals surface area contributed by atoms with Gasteiger partial charge in [-0.3, -0.25) is 10.9 Å². The van der Waals surface area contributed by atoms with Crippen LogP contribution < -0.4 is 5.32 Å². The summed E-state index contributed by atoms with van der Waals surface area (Å²) in [6.07, 6.45) is 7.62. The van der Waals surface area contributed by atoms with Crippen LogP contribution in [0, 0.1) is 0 Å². The van der Waals surface area contributed by atoms with E-state index in [9.17, 15) is 0 Å². The van der Waals surface area contributed by atoms with Crippen LogP contribution in [-0.4, -0.2) is 30.9 Å². The molecule has 1 fully saturated rings. The summed E-state index contributed by atoms with van der Waals surface area (Å²) in [6, 6.07) is 0. The maximum absolute atomic E-state index is 3.43. The number of hydrogen-bond donors (Lipinski definition) is 2. The lowest BCUT2D eigenvalue weighted by Crippen LogP contribution is -2.33. The lowest BCUT2D eigenvalue weighted by molar-refractivity contribution is 0.530. The lowest BCUT2D eigenvalue weighted by Gasteiger charge is -2.28. The molecule has 0 aliphatic carbocycles. The van der Waals surface area contributed by atoms with Gasteiger partial charge in [0, 0.05) is 6.54 Å². The number of hydrogen-bond acceptors (Lipinski definition) is 1. The van der Waals surface area contributed by atoms with E-state index in [0.717, 1.165) is 5.25 Å². The normalized spacial score (nSPS) is 30.0. The third-order valence-electron chi connectivity index (χ3n) is 2.00. The minimum atomic E-state index is 0.319.